The molecule has 0 saturated heterocycles. The van der Waals surface area contributed by atoms with Crippen LogP contribution in [0.2, 0.25) is 0 Å². The van der Waals surface area contributed by atoms with Crippen LogP contribution in [0.3, 0.4) is 0 Å². The highest BCUT2D eigenvalue weighted by atomic mass is 79.9. The van der Waals surface area contributed by atoms with Crippen LogP contribution in [0.4, 0.5) is 5.82 Å². The van der Waals surface area contributed by atoms with Crippen molar-refractivity contribution in [3.8, 4) is 11.3 Å². The van der Waals surface area contributed by atoms with Crippen LogP contribution in [0.25, 0.3) is 11.3 Å². The first-order valence-electron chi connectivity index (χ1n) is 3.57. The third-order valence-corrected chi connectivity index (χ3v) is 3.27. The maximum Gasteiger partial charge on any atom is 0.141 e. The molecule has 0 fully saturated rings. The first-order valence-corrected chi connectivity index (χ1v) is 5.30. The van der Waals surface area contributed by atoms with Crippen LogP contribution < -0.4 is 5.73 Å². The van der Waals surface area contributed by atoms with E-state index in [-0.39, 0.29) is 0 Å². The lowest BCUT2D eigenvalue weighted by Gasteiger charge is -1.97. The summed E-state index contributed by atoms with van der Waals surface area (Å²) in [4.78, 5) is 8.15. The quantitative estimate of drug-likeness (QED) is 0.853. The normalized spacial score (nSPS) is 10.2. The van der Waals surface area contributed by atoms with Crippen LogP contribution in [-0.4, -0.2) is 9.97 Å². The Bertz CT molecular complexity index is 410. The lowest BCUT2D eigenvalue weighted by atomic mass is 10.2. The average Bonchev–Trinajstić information content (AvgIpc) is 2.53. The molecule has 66 valence electrons. The van der Waals surface area contributed by atoms with Gasteiger partial charge in [-0.3, -0.25) is 4.98 Å². The standard InChI is InChI=1S/C8H6BrN3S/c9-6-4-13-3-5(6)7-1-12-8(10)2-11-7/h1-4H,(H2,10,12). The van der Waals surface area contributed by atoms with Crippen molar-refractivity contribution >= 4 is 33.1 Å². The van der Waals surface area contributed by atoms with Crippen LogP contribution in [0.15, 0.2) is 27.6 Å². The Morgan fingerprint density at radius 3 is 2.62 bits per heavy atom. The van der Waals surface area contributed by atoms with Crippen LogP contribution in [0, 0.1) is 0 Å². The Morgan fingerprint density at radius 1 is 1.23 bits per heavy atom. The van der Waals surface area contributed by atoms with Gasteiger partial charge in [0, 0.05) is 20.8 Å². The molecule has 2 heterocycles. The third kappa shape index (κ3) is 1.71. The molecule has 0 aliphatic rings. The third-order valence-electron chi connectivity index (χ3n) is 1.56. The molecule has 2 aromatic heterocycles. The van der Waals surface area contributed by atoms with Gasteiger partial charge in [-0.05, 0) is 15.9 Å². The van der Waals surface area contributed by atoms with Gasteiger partial charge in [-0.15, -0.1) is 0 Å². The van der Waals surface area contributed by atoms with Crippen LogP contribution in [0.1, 0.15) is 0 Å². The summed E-state index contributed by atoms with van der Waals surface area (Å²) in [7, 11) is 0. The number of thiophene rings is 1. The molecule has 0 saturated carbocycles. The van der Waals surface area contributed by atoms with Gasteiger partial charge in [0.1, 0.15) is 5.82 Å². The van der Waals surface area contributed by atoms with Gasteiger partial charge in [-0.25, -0.2) is 4.98 Å². The minimum Gasteiger partial charge on any atom is -0.382 e. The second kappa shape index (κ2) is 3.43. The smallest absolute Gasteiger partial charge is 0.141 e. The topological polar surface area (TPSA) is 51.8 Å². The zero-order chi connectivity index (χ0) is 9.26. The van der Waals surface area contributed by atoms with E-state index in [1.807, 2.05) is 10.8 Å². The van der Waals surface area contributed by atoms with Crippen molar-refractivity contribution in [2.24, 2.45) is 0 Å². The summed E-state index contributed by atoms with van der Waals surface area (Å²) in [5, 5.41) is 4.03. The number of aromatic nitrogens is 2. The minimum absolute atomic E-state index is 0.440. The molecule has 0 unspecified atom stereocenters. The van der Waals surface area contributed by atoms with Gasteiger partial charge in [-0.2, -0.15) is 11.3 Å². The predicted molar refractivity (Wildman–Crippen MR) is 57.5 cm³/mol. The molecular formula is C8H6BrN3S. The molecule has 2 N–H and O–H groups in total. The van der Waals surface area contributed by atoms with Crippen molar-refractivity contribution in [3.63, 3.8) is 0 Å². The number of anilines is 1. The Hall–Kier alpha value is -0.940. The SMILES string of the molecule is Nc1cnc(-c2cscc2Br)cn1. The van der Waals surface area contributed by atoms with Gasteiger partial charge < -0.3 is 5.73 Å². The number of halogens is 1. The first-order chi connectivity index (χ1) is 6.27. The van der Waals surface area contributed by atoms with Crippen molar-refractivity contribution in [3.05, 3.63) is 27.6 Å². The second-order valence-electron chi connectivity index (χ2n) is 2.46. The number of nitrogen functional groups attached to an aromatic ring is 1. The summed E-state index contributed by atoms with van der Waals surface area (Å²) in [6.07, 6.45) is 3.22. The minimum atomic E-state index is 0.440. The molecule has 13 heavy (non-hydrogen) atoms. The van der Waals surface area contributed by atoms with E-state index in [2.05, 4.69) is 25.9 Å². The van der Waals surface area contributed by atoms with Crippen molar-refractivity contribution in [2.45, 2.75) is 0 Å². The Balaban J connectivity index is 2.47. The zero-order valence-electron chi connectivity index (χ0n) is 6.57. The second-order valence-corrected chi connectivity index (χ2v) is 4.06. The molecule has 0 bridgehead atoms. The fourth-order valence-electron chi connectivity index (χ4n) is 0.941. The summed E-state index contributed by atoms with van der Waals surface area (Å²) in [5.74, 6) is 0.440. The van der Waals surface area contributed by atoms with E-state index >= 15 is 0 Å². The molecule has 0 spiro atoms. The Labute approximate surface area is 87.8 Å². The molecule has 2 rings (SSSR count). The van der Waals surface area contributed by atoms with E-state index in [0.717, 1.165) is 15.7 Å². The van der Waals surface area contributed by atoms with Crippen molar-refractivity contribution in [2.75, 3.05) is 5.73 Å². The van der Waals surface area contributed by atoms with Crippen LogP contribution in [0.5, 0.6) is 0 Å². The molecule has 2 aromatic rings. The fraction of sp³-hybridized carbons (Fsp3) is 0. The summed E-state index contributed by atoms with van der Waals surface area (Å²) >= 11 is 5.05. The van der Waals surface area contributed by atoms with E-state index < -0.39 is 0 Å². The molecule has 3 nitrogen and oxygen atoms in total. The number of nitrogens with zero attached hydrogens (tertiary/aromatic N) is 2. The van der Waals surface area contributed by atoms with E-state index in [9.17, 15) is 0 Å². The van der Waals surface area contributed by atoms with E-state index in [1.54, 1.807) is 23.7 Å². The summed E-state index contributed by atoms with van der Waals surface area (Å²) in [5.41, 5.74) is 7.32. The van der Waals surface area contributed by atoms with Gasteiger partial charge in [0.2, 0.25) is 0 Å². The van der Waals surface area contributed by atoms with E-state index in [0.29, 0.717) is 5.82 Å². The number of hydrogen-bond donors (Lipinski definition) is 1. The van der Waals surface area contributed by atoms with Crippen LogP contribution >= 0.6 is 27.3 Å². The van der Waals surface area contributed by atoms with Gasteiger partial charge >= 0.3 is 0 Å². The Kier molecular flexibility index (Phi) is 2.28. The van der Waals surface area contributed by atoms with Gasteiger partial charge in [0.25, 0.3) is 0 Å². The van der Waals surface area contributed by atoms with Crippen molar-refractivity contribution in [1.82, 2.24) is 9.97 Å². The molecule has 0 aliphatic heterocycles. The van der Waals surface area contributed by atoms with Crippen molar-refractivity contribution < 1.29 is 0 Å². The van der Waals surface area contributed by atoms with E-state index in [1.165, 1.54) is 0 Å². The van der Waals surface area contributed by atoms with E-state index in [4.69, 9.17) is 5.73 Å². The maximum atomic E-state index is 5.44. The maximum absolute atomic E-state index is 5.44. The highest BCUT2D eigenvalue weighted by Crippen LogP contribution is 2.29. The summed E-state index contributed by atoms with van der Waals surface area (Å²) in [6, 6.07) is 0. The Morgan fingerprint density at radius 2 is 2.08 bits per heavy atom. The summed E-state index contributed by atoms with van der Waals surface area (Å²) in [6.45, 7) is 0. The largest absolute Gasteiger partial charge is 0.382 e. The lowest BCUT2D eigenvalue weighted by Crippen LogP contribution is -1.91. The molecular weight excluding hydrogens is 250 g/mol. The van der Waals surface area contributed by atoms with Gasteiger partial charge in [0.15, 0.2) is 0 Å². The highest BCUT2D eigenvalue weighted by Gasteiger charge is 2.04. The van der Waals surface area contributed by atoms with Gasteiger partial charge in [-0.1, -0.05) is 0 Å². The zero-order valence-corrected chi connectivity index (χ0v) is 8.97. The predicted octanol–water partition coefficient (Wildman–Crippen LogP) is 2.55. The number of nitrogens with two attached hydrogens (primary N) is 1. The average molecular weight is 256 g/mol. The molecule has 0 aliphatic carbocycles. The molecule has 0 aromatic carbocycles. The molecule has 0 amide bonds. The number of hydrogen-bond acceptors (Lipinski definition) is 4. The fourth-order valence-corrected chi connectivity index (χ4v) is 2.43. The lowest BCUT2D eigenvalue weighted by molar-refractivity contribution is 1.22. The first kappa shape index (κ1) is 8.65. The summed E-state index contributed by atoms with van der Waals surface area (Å²) < 4.78 is 1.04. The molecule has 0 atom stereocenters. The van der Waals surface area contributed by atoms with Crippen LogP contribution in [-0.2, 0) is 0 Å². The molecule has 0 radical (unpaired) electrons. The highest BCUT2D eigenvalue weighted by molar-refractivity contribution is 9.10. The van der Waals surface area contributed by atoms with Crippen molar-refractivity contribution in [1.29, 1.82) is 0 Å². The number of rotatable bonds is 1. The molecule has 5 heteroatoms. The van der Waals surface area contributed by atoms with Gasteiger partial charge in [0.05, 0.1) is 18.1 Å². The monoisotopic (exact) mass is 255 g/mol.